The Bertz CT molecular complexity index is 748. The van der Waals surface area contributed by atoms with Crippen molar-refractivity contribution in [3.05, 3.63) is 54.1 Å². The van der Waals surface area contributed by atoms with Crippen LogP contribution < -0.4 is 19.5 Å². The minimum absolute atomic E-state index is 0.0362. The predicted molar refractivity (Wildman–Crippen MR) is 103 cm³/mol. The SMILES string of the molecule is CCOc1ccc(CN(C)CC(=O)NCC2COc3ccccc3O2)cc1. The summed E-state index contributed by atoms with van der Waals surface area (Å²) in [4.78, 5) is 14.2. The lowest BCUT2D eigenvalue weighted by molar-refractivity contribution is -0.122. The average molecular weight is 370 g/mol. The van der Waals surface area contributed by atoms with E-state index in [0.717, 1.165) is 22.8 Å². The molecule has 1 unspecified atom stereocenters. The van der Waals surface area contributed by atoms with Gasteiger partial charge in [-0.2, -0.15) is 0 Å². The summed E-state index contributed by atoms with van der Waals surface area (Å²) < 4.78 is 16.9. The number of rotatable bonds is 8. The molecule has 1 aliphatic heterocycles. The van der Waals surface area contributed by atoms with Gasteiger partial charge in [-0.05, 0) is 43.8 Å². The molecule has 1 amide bonds. The zero-order valence-electron chi connectivity index (χ0n) is 15.8. The van der Waals surface area contributed by atoms with Gasteiger partial charge in [0.25, 0.3) is 0 Å². The first-order chi connectivity index (χ1) is 13.1. The van der Waals surface area contributed by atoms with E-state index in [4.69, 9.17) is 14.2 Å². The minimum atomic E-state index is -0.180. The van der Waals surface area contributed by atoms with Crippen LogP contribution in [0.5, 0.6) is 17.2 Å². The number of carbonyl (C=O) groups is 1. The fourth-order valence-corrected chi connectivity index (χ4v) is 2.92. The Morgan fingerprint density at radius 1 is 1.19 bits per heavy atom. The molecule has 0 saturated heterocycles. The number of carbonyl (C=O) groups excluding carboxylic acids is 1. The number of ether oxygens (including phenoxy) is 3. The summed E-state index contributed by atoms with van der Waals surface area (Å²) in [5.41, 5.74) is 1.13. The normalized spacial score (nSPS) is 15.4. The minimum Gasteiger partial charge on any atom is -0.494 e. The van der Waals surface area contributed by atoms with Crippen molar-refractivity contribution in [2.45, 2.75) is 19.6 Å². The van der Waals surface area contributed by atoms with Gasteiger partial charge in [0.15, 0.2) is 11.5 Å². The van der Waals surface area contributed by atoms with Gasteiger partial charge in [0.05, 0.1) is 19.7 Å². The number of amides is 1. The first kappa shape index (κ1) is 19.0. The predicted octanol–water partition coefficient (Wildman–Crippen LogP) is 2.47. The van der Waals surface area contributed by atoms with Gasteiger partial charge in [-0.25, -0.2) is 0 Å². The van der Waals surface area contributed by atoms with E-state index < -0.39 is 0 Å². The Balaban J connectivity index is 1.40. The Hall–Kier alpha value is -2.73. The Morgan fingerprint density at radius 2 is 1.93 bits per heavy atom. The molecular weight excluding hydrogens is 344 g/mol. The summed E-state index contributed by atoms with van der Waals surface area (Å²) in [6.07, 6.45) is -0.180. The highest BCUT2D eigenvalue weighted by Gasteiger charge is 2.21. The molecule has 2 aromatic rings. The van der Waals surface area contributed by atoms with Crippen molar-refractivity contribution in [2.75, 3.05) is 33.4 Å². The molecule has 0 saturated carbocycles. The molecule has 0 aromatic heterocycles. The number of nitrogens with one attached hydrogen (secondary N) is 1. The number of para-hydroxylation sites is 2. The number of hydrogen-bond donors (Lipinski definition) is 1. The monoisotopic (exact) mass is 370 g/mol. The molecule has 1 aliphatic rings. The maximum atomic E-state index is 12.2. The molecule has 2 aromatic carbocycles. The van der Waals surface area contributed by atoms with E-state index >= 15 is 0 Å². The summed E-state index contributed by atoms with van der Waals surface area (Å²) in [5.74, 6) is 2.29. The van der Waals surface area contributed by atoms with Crippen molar-refractivity contribution in [3.63, 3.8) is 0 Å². The van der Waals surface area contributed by atoms with Gasteiger partial charge in [0.2, 0.25) is 5.91 Å². The van der Waals surface area contributed by atoms with Crippen molar-refractivity contribution in [3.8, 4) is 17.2 Å². The third kappa shape index (κ3) is 5.62. The van der Waals surface area contributed by atoms with Crippen LogP contribution in [0.3, 0.4) is 0 Å². The van der Waals surface area contributed by atoms with Crippen LogP contribution >= 0.6 is 0 Å². The van der Waals surface area contributed by atoms with Crippen molar-refractivity contribution >= 4 is 5.91 Å². The van der Waals surface area contributed by atoms with Crippen molar-refractivity contribution in [2.24, 2.45) is 0 Å². The lowest BCUT2D eigenvalue weighted by Gasteiger charge is -2.26. The van der Waals surface area contributed by atoms with E-state index in [2.05, 4.69) is 5.32 Å². The molecule has 3 rings (SSSR count). The summed E-state index contributed by atoms with van der Waals surface area (Å²) in [6.45, 7) is 4.47. The highest BCUT2D eigenvalue weighted by Crippen LogP contribution is 2.30. The van der Waals surface area contributed by atoms with E-state index in [1.165, 1.54) is 0 Å². The topological polar surface area (TPSA) is 60.0 Å². The standard InChI is InChI=1S/C21H26N2O4/c1-3-25-17-10-8-16(9-11-17)13-23(2)14-21(24)22-12-18-15-26-19-6-4-5-7-20(19)27-18/h4-11,18H,3,12-15H2,1-2H3,(H,22,24). The van der Waals surface area contributed by atoms with Crippen LogP contribution in [0.1, 0.15) is 12.5 Å². The second-order valence-corrected chi connectivity index (χ2v) is 6.55. The molecule has 0 aliphatic carbocycles. The van der Waals surface area contributed by atoms with Gasteiger partial charge in [-0.3, -0.25) is 9.69 Å². The molecule has 0 bridgehead atoms. The zero-order chi connectivity index (χ0) is 19.1. The van der Waals surface area contributed by atoms with Crippen molar-refractivity contribution in [1.82, 2.24) is 10.2 Å². The average Bonchev–Trinajstić information content (AvgIpc) is 2.68. The number of likely N-dealkylation sites (N-methyl/N-ethyl adjacent to an activating group) is 1. The van der Waals surface area contributed by atoms with Gasteiger partial charge in [0, 0.05) is 6.54 Å². The van der Waals surface area contributed by atoms with Gasteiger partial charge < -0.3 is 19.5 Å². The third-order valence-corrected chi connectivity index (χ3v) is 4.19. The molecule has 6 heteroatoms. The molecule has 0 spiro atoms. The van der Waals surface area contributed by atoms with Crippen LogP contribution in [0.25, 0.3) is 0 Å². The fraction of sp³-hybridized carbons (Fsp3) is 0.381. The van der Waals surface area contributed by atoms with Crippen LogP contribution in [-0.4, -0.2) is 50.3 Å². The Labute approximate surface area is 160 Å². The number of nitrogens with zero attached hydrogens (tertiary/aromatic N) is 1. The quantitative estimate of drug-likeness (QED) is 0.774. The van der Waals surface area contributed by atoms with Crippen LogP contribution in [0.2, 0.25) is 0 Å². The van der Waals surface area contributed by atoms with Gasteiger partial charge in [-0.1, -0.05) is 24.3 Å². The van der Waals surface area contributed by atoms with E-state index in [0.29, 0.717) is 32.8 Å². The highest BCUT2D eigenvalue weighted by molar-refractivity contribution is 5.78. The van der Waals surface area contributed by atoms with Crippen LogP contribution in [0, 0.1) is 0 Å². The van der Waals surface area contributed by atoms with Gasteiger partial charge in [-0.15, -0.1) is 0 Å². The van der Waals surface area contributed by atoms with E-state index in [1.807, 2.05) is 67.4 Å². The molecule has 144 valence electrons. The Morgan fingerprint density at radius 3 is 2.67 bits per heavy atom. The van der Waals surface area contributed by atoms with E-state index in [-0.39, 0.29) is 12.0 Å². The lowest BCUT2D eigenvalue weighted by atomic mass is 10.2. The summed E-state index contributed by atoms with van der Waals surface area (Å²) >= 11 is 0. The summed E-state index contributed by atoms with van der Waals surface area (Å²) in [5, 5.41) is 2.92. The molecule has 6 nitrogen and oxygen atoms in total. The van der Waals surface area contributed by atoms with Crippen LogP contribution in [0.4, 0.5) is 0 Å². The second-order valence-electron chi connectivity index (χ2n) is 6.55. The van der Waals surface area contributed by atoms with Crippen molar-refractivity contribution < 1.29 is 19.0 Å². The Kier molecular flexibility index (Phi) is 6.54. The van der Waals surface area contributed by atoms with Crippen LogP contribution in [0.15, 0.2) is 48.5 Å². The molecule has 27 heavy (non-hydrogen) atoms. The lowest BCUT2D eigenvalue weighted by Crippen LogP contribution is -2.43. The maximum Gasteiger partial charge on any atom is 0.234 e. The zero-order valence-corrected chi connectivity index (χ0v) is 15.8. The van der Waals surface area contributed by atoms with Gasteiger partial charge >= 0.3 is 0 Å². The maximum absolute atomic E-state index is 12.2. The third-order valence-electron chi connectivity index (χ3n) is 4.19. The number of hydrogen-bond acceptors (Lipinski definition) is 5. The number of fused-ring (bicyclic) bond motifs is 1. The summed E-state index contributed by atoms with van der Waals surface area (Å²) in [7, 11) is 1.92. The van der Waals surface area contributed by atoms with E-state index in [9.17, 15) is 4.79 Å². The second kappa shape index (κ2) is 9.28. The first-order valence-corrected chi connectivity index (χ1v) is 9.19. The fourth-order valence-electron chi connectivity index (χ4n) is 2.92. The van der Waals surface area contributed by atoms with Crippen molar-refractivity contribution in [1.29, 1.82) is 0 Å². The molecule has 0 fully saturated rings. The summed E-state index contributed by atoms with van der Waals surface area (Å²) in [6, 6.07) is 15.5. The molecule has 1 N–H and O–H groups in total. The first-order valence-electron chi connectivity index (χ1n) is 9.19. The van der Waals surface area contributed by atoms with Gasteiger partial charge in [0.1, 0.15) is 18.5 Å². The molecule has 1 atom stereocenters. The highest BCUT2D eigenvalue weighted by atomic mass is 16.6. The largest absolute Gasteiger partial charge is 0.494 e. The molecule has 1 heterocycles. The smallest absolute Gasteiger partial charge is 0.234 e. The number of benzene rings is 2. The molecular formula is C21H26N2O4. The van der Waals surface area contributed by atoms with E-state index in [1.54, 1.807) is 0 Å². The van der Waals surface area contributed by atoms with Crippen LogP contribution in [-0.2, 0) is 11.3 Å². The molecule has 0 radical (unpaired) electrons.